The molecular weight excluding hydrogens is 390 g/mol. The Morgan fingerprint density at radius 2 is 2.10 bits per heavy atom. The zero-order valence-corrected chi connectivity index (χ0v) is 19.2. The van der Waals surface area contributed by atoms with Gasteiger partial charge in [-0.2, -0.15) is 5.26 Å². The number of esters is 1. The van der Waals surface area contributed by atoms with Crippen molar-refractivity contribution in [1.82, 2.24) is 4.90 Å². The summed E-state index contributed by atoms with van der Waals surface area (Å²) in [6.45, 7) is 13.1. The van der Waals surface area contributed by atoms with Crippen LogP contribution in [0.3, 0.4) is 0 Å². The van der Waals surface area contributed by atoms with E-state index in [0.717, 1.165) is 36.3 Å². The van der Waals surface area contributed by atoms with Crippen molar-refractivity contribution in [3.8, 4) is 6.07 Å². The number of carbonyl (C=O) groups excluding carboxylic acids is 1. The summed E-state index contributed by atoms with van der Waals surface area (Å²) in [4.78, 5) is 15.3. The van der Waals surface area contributed by atoms with Gasteiger partial charge in [0.25, 0.3) is 0 Å². The van der Waals surface area contributed by atoms with Crippen LogP contribution < -0.4 is 5.73 Å². The normalized spacial score (nSPS) is 22.2. The number of rotatable bonds is 5. The minimum Gasteiger partial charge on any atom is -0.463 e. The van der Waals surface area contributed by atoms with Gasteiger partial charge in [-0.3, -0.25) is 4.90 Å². The largest absolute Gasteiger partial charge is 0.463 e. The number of ether oxygens (including phenoxy) is 2. The second kappa shape index (κ2) is 9.57. The van der Waals surface area contributed by atoms with E-state index in [9.17, 15) is 10.1 Å². The van der Waals surface area contributed by atoms with Crippen LogP contribution in [0, 0.1) is 31.1 Å². The molecule has 0 saturated carbocycles. The van der Waals surface area contributed by atoms with Crippen LogP contribution in [0.15, 0.2) is 34.9 Å². The molecular formula is C25H33N3O3. The number of allylic oxidation sites excluding steroid dienone is 2. The van der Waals surface area contributed by atoms with Crippen LogP contribution in [0.5, 0.6) is 0 Å². The lowest BCUT2D eigenvalue weighted by atomic mass is 9.79. The Bertz CT molecular complexity index is 971. The van der Waals surface area contributed by atoms with Gasteiger partial charge in [-0.1, -0.05) is 24.6 Å². The zero-order chi connectivity index (χ0) is 22.7. The van der Waals surface area contributed by atoms with Gasteiger partial charge in [-0.25, -0.2) is 4.79 Å². The number of nitriles is 1. The van der Waals surface area contributed by atoms with Crippen molar-refractivity contribution in [2.45, 2.75) is 59.9 Å². The molecule has 2 aliphatic heterocycles. The highest BCUT2D eigenvalue weighted by Gasteiger charge is 2.37. The van der Waals surface area contributed by atoms with E-state index in [1.54, 1.807) is 13.8 Å². The molecule has 0 spiro atoms. The lowest BCUT2D eigenvalue weighted by Gasteiger charge is -2.32. The number of nitrogens with two attached hydrogens (primary N) is 1. The van der Waals surface area contributed by atoms with E-state index in [0.29, 0.717) is 17.3 Å². The first-order valence-corrected chi connectivity index (χ1v) is 11.0. The van der Waals surface area contributed by atoms with E-state index >= 15 is 0 Å². The Labute approximate surface area is 185 Å². The summed E-state index contributed by atoms with van der Waals surface area (Å²) in [6, 6.07) is 6.43. The number of likely N-dealkylation sites (tertiary alicyclic amines) is 1. The molecule has 31 heavy (non-hydrogen) atoms. The molecule has 2 unspecified atom stereocenters. The van der Waals surface area contributed by atoms with E-state index in [1.165, 1.54) is 18.4 Å². The molecule has 2 heterocycles. The Balaban J connectivity index is 2.09. The van der Waals surface area contributed by atoms with E-state index in [4.69, 9.17) is 15.2 Å². The van der Waals surface area contributed by atoms with Gasteiger partial charge < -0.3 is 15.2 Å². The van der Waals surface area contributed by atoms with Gasteiger partial charge in [0.2, 0.25) is 5.88 Å². The molecule has 1 fully saturated rings. The molecule has 1 saturated heterocycles. The summed E-state index contributed by atoms with van der Waals surface area (Å²) < 4.78 is 10.9. The average molecular weight is 424 g/mol. The summed E-state index contributed by atoms with van der Waals surface area (Å²) in [5.41, 5.74) is 11.0. The molecule has 0 bridgehead atoms. The van der Waals surface area contributed by atoms with E-state index in [-0.39, 0.29) is 18.1 Å². The molecule has 6 nitrogen and oxygen atoms in total. The van der Waals surface area contributed by atoms with Crippen molar-refractivity contribution in [3.63, 3.8) is 0 Å². The predicted octanol–water partition coefficient (Wildman–Crippen LogP) is 4.18. The molecule has 1 aromatic carbocycles. The summed E-state index contributed by atoms with van der Waals surface area (Å²) in [6.07, 6.45) is 2.49. The summed E-state index contributed by atoms with van der Waals surface area (Å²) >= 11 is 0. The smallest absolute Gasteiger partial charge is 0.338 e. The number of nitrogens with zero attached hydrogens (tertiary/aromatic N) is 2. The third-order valence-corrected chi connectivity index (χ3v) is 6.25. The topological polar surface area (TPSA) is 88.6 Å². The van der Waals surface area contributed by atoms with Gasteiger partial charge in [0.15, 0.2) is 0 Å². The molecule has 0 radical (unpaired) electrons. The van der Waals surface area contributed by atoms with E-state index in [2.05, 4.69) is 30.9 Å². The molecule has 0 aliphatic carbocycles. The van der Waals surface area contributed by atoms with Gasteiger partial charge >= 0.3 is 5.97 Å². The van der Waals surface area contributed by atoms with Crippen molar-refractivity contribution < 1.29 is 14.3 Å². The van der Waals surface area contributed by atoms with Crippen LogP contribution >= 0.6 is 0 Å². The Kier molecular flexibility index (Phi) is 7.07. The van der Waals surface area contributed by atoms with Crippen LogP contribution in [-0.2, 0) is 20.8 Å². The molecule has 0 amide bonds. The number of carbonyl (C=O) groups is 1. The summed E-state index contributed by atoms with van der Waals surface area (Å²) in [5, 5.41) is 9.88. The second-order valence-corrected chi connectivity index (χ2v) is 8.74. The van der Waals surface area contributed by atoms with Gasteiger partial charge in [-0.05, 0) is 69.7 Å². The van der Waals surface area contributed by atoms with E-state index in [1.807, 2.05) is 13.0 Å². The van der Waals surface area contributed by atoms with Crippen LogP contribution in [0.4, 0.5) is 0 Å². The summed E-state index contributed by atoms with van der Waals surface area (Å²) in [5.74, 6) is 0.0506. The van der Waals surface area contributed by atoms with Gasteiger partial charge in [0, 0.05) is 13.1 Å². The van der Waals surface area contributed by atoms with Crippen molar-refractivity contribution in [3.05, 3.63) is 57.2 Å². The molecule has 3 rings (SSSR count). The zero-order valence-electron chi connectivity index (χ0n) is 19.2. The first kappa shape index (κ1) is 22.9. The molecule has 166 valence electrons. The van der Waals surface area contributed by atoms with Crippen LogP contribution in [-0.4, -0.2) is 30.6 Å². The van der Waals surface area contributed by atoms with Crippen molar-refractivity contribution >= 4 is 5.97 Å². The maximum absolute atomic E-state index is 12.9. The first-order valence-electron chi connectivity index (χ1n) is 11.0. The highest BCUT2D eigenvalue weighted by molar-refractivity contribution is 5.92. The number of benzene rings is 1. The number of aryl methyl sites for hydroxylation is 1. The van der Waals surface area contributed by atoms with Gasteiger partial charge in [-0.15, -0.1) is 0 Å². The van der Waals surface area contributed by atoms with Crippen LogP contribution in [0.25, 0.3) is 0 Å². The SMILES string of the molecule is CCOC(=O)C1=C(C)OC(N)=C(C#N)C1c1cc(C)cc(CN2CCCC(C)C2)c1C. The number of hydrogen-bond donors (Lipinski definition) is 1. The van der Waals surface area contributed by atoms with Crippen molar-refractivity contribution in [2.24, 2.45) is 11.7 Å². The monoisotopic (exact) mass is 423 g/mol. The number of piperidine rings is 1. The fourth-order valence-electron chi connectivity index (χ4n) is 4.76. The average Bonchev–Trinajstić information content (AvgIpc) is 2.70. The van der Waals surface area contributed by atoms with Crippen molar-refractivity contribution in [1.29, 1.82) is 5.26 Å². The first-order chi connectivity index (χ1) is 14.8. The fourth-order valence-corrected chi connectivity index (χ4v) is 4.76. The lowest BCUT2D eigenvalue weighted by molar-refractivity contribution is -0.139. The Morgan fingerprint density at radius 3 is 2.74 bits per heavy atom. The van der Waals surface area contributed by atoms with Gasteiger partial charge in [0.1, 0.15) is 17.4 Å². The third kappa shape index (κ3) is 4.77. The highest BCUT2D eigenvalue weighted by Crippen LogP contribution is 2.42. The second-order valence-electron chi connectivity index (χ2n) is 8.74. The molecule has 1 aromatic rings. The minimum absolute atomic E-state index is 0.0466. The highest BCUT2D eigenvalue weighted by atomic mass is 16.5. The molecule has 2 aliphatic rings. The Morgan fingerprint density at radius 1 is 1.35 bits per heavy atom. The minimum atomic E-state index is -0.600. The Hall–Kier alpha value is -2.78. The quantitative estimate of drug-likeness (QED) is 0.715. The maximum atomic E-state index is 12.9. The predicted molar refractivity (Wildman–Crippen MR) is 120 cm³/mol. The molecule has 6 heteroatoms. The number of hydrogen-bond acceptors (Lipinski definition) is 6. The third-order valence-electron chi connectivity index (χ3n) is 6.25. The molecule has 2 N–H and O–H groups in total. The van der Waals surface area contributed by atoms with Gasteiger partial charge in [0.05, 0.1) is 18.1 Å². The lowest BCUT2D eigenvalue weighted by Crippen LogP contribution is -2.34. The van der Waals surface area contributed by atoms with Crippen molar-refractivity contribution in [2.75, 3.05) is 19.7 Å². The standard InChI is InChI=1S/C25H33N3O3/c1-6-30-25(29)22-18(5)31-24(27)21(12-26)23(22)20-11-16(3)10-19(17(20)4)14-28-9-7-8-15(2)13-28/h10-11,15,23H,6-9,13-14,27H2,1-5H3. The van der Waals surface area contributed by atoms with Crippen LogP contribution in [0.1, 0.15) is 61.8 Å². The van der Waals surface area contributed by atoms with Crippen LogP contribution in [0.2, 0.25) is 0 Å². The maximum Gasteiger partial charge on any atom is 0.338 e. The van der Waals surface area contributed by atoms with E-state index < -0.39 is 11.9 Å². The fraction of sp³-hybridized carbons (Fsp3) is 0.520. The summed E-state index contributed by atoms with van der Waals surface area (Å²) in [7, 11) is 0. The molecule has 2 atom stereocenters. The molecule has 0 aromatic heterocycles.